The van der Waals surface area contributed by atoms with Crippen LogP contribution in [0.4, 0.5) is 0 Å². The number of rotatable bonds is 5. The van der Waals surface area contributed by atoms with Crippen molar-refractivity contribution in [3.05, 3.63) is 0 Å². The smallest absolute Gasteiger partial charge is 0.279 e. The molecule has 0 spiro atoms. The van der Waals surface area contributed by atoms with Gasteiger partial charge in [0.15, 0.2) is 0 Å². The molecule has 0 atom stereocenters. The first-order valence-corrected chi connectivity index (χ1v) is 8.70. The Hall–Kier alpha value is -0.210. The van der Waals surface area contributed by atoms with Crippen LogP contribution in [0.25, 0.3) is 0 Å². The maximum absolute atomic E-state index is 12.0. The third-order valence-corrected chi connectivity index (χ3v) is 5.62. The average Bonchev–Trinajstić information content (AvgIpc) is 2.42. The van der Waals surface area contributed by atoms with E-state index in [-0.39, 0.29) is 0 Å². The molecule has 0 aromatic heterocycles. The zero-order chi connectivity index (χ0) is 13.7. The van der Waals surface area contributed by atoms with E-state index in [9.17, 15) is 8.42 Å². The Morgan fingerprint density at radius 3 is 2.42 bits per heavy atom. The number of piperazine rings is 1. The number of hydrogen-bond acceptors (Lipinski definition) is 4. The van der Waals surface area contributed by atoms with Crippen LogP contribution in [0.5, 0.6) is 0 Å². The van der Waals surface area contributed by atoms with Crippen molar-refractivity contribution in [2.45, 2.75) is 19.8 Å². The minimum Gasteiger partial charge on any atom is -0.314 e. The second-order valence-electron chi connectivity index (χ2n) is 5.57. The first-order valence-electron chi connectivity index (χ1n) is 7.26. The van der Waals surface area contributed by atoms with Crippen molar-refractivity contribution in [1.29, 1.82) is 0 Å². The summed E-state index contributed by atoms with van der Waals surface area (Å²) < 4.78 is 28.3. The van der Waals surface area contributed by atoms with Gasteiger partial charge >= 0.3 is 0 Å². The van der Waals surface area contributed by atoms with Gasteiger partial charge in [0.2, 0.25) is 0 Å². The van der Waals surface area contributed by atoms with Gasteiger partial charge in [-0.15, -0.1) is 0 Å². The monoisotopic (exact) mass is 290 g/mol. The Balaban J connectivity index is 1.69. The predicted molar refractivity (Wildman–Crippen MR) is 76.2 cm³/mol. The van der Waals surface area contributed by atoms with Crippen molar-refractivity contribution in [2.75, 3.05) is 52.4 Å². The molecule has 0 saturated carbocycles. The second-order valence-corrected chi connectivity index (χ2v) is 7.33. The Morgan fingerprint density at radius 1 is 1.16 bits per heavy atom. The Bertz CT molecular complexity index is 360. The zero-order valence-corrected chi connectivity index (χ0v) is 12.6. The standard InChI is InChI=1S/C12H26N4O2S/c1-12-2-7-15(8-3-12)9-6-14-19(17,18)16-10-4-13-5-11-16/h12-14H,2-11H2,1H3. The van der Waals surface area contributed by atoms with Gasteiger partial charge in [-0.05, 0) is 31.8 Å². The van der Waals surface area contributed by atoms with Crippen molar-refractivity contribution in [2.24, 2.45) is 5.92 Å². The Labute approximate surface area is 116 Å². The van der Waals surface area contributed by atoms with Crippen LogP contribution in [0, 0.1) is 5.92 Å². The van der Waals surface area contributed by atoms with E-state index in [1.165, 1.54) is 17.1 Å². The Morgan fingerprint density at radius 2 is 1.79 bits per heavy atom. The topological polar surface area (TPSA) is 64.7 Å². The van der Waals surface area contributed by atoms with Crippen LogP contribution in [0.15, 0.2) is 0 Å². The van der Waals surface area contributed by atoms with Gasteiger partial charge in [-0.3, -0.25) is 0 Å². The van der Waals surface area contributed by atoms with Gasteiger partial charge in [-0.1, -0.05) is 6.92 Å². The normalized spacial score (nSPS) is 24.7. The number of likely N-dealkylation sites (tertiary alicyclic amines) is 1. The van der Waals surface area contributed by atoms with Gasteiger partial charge in [0.1, 0.15) is 0 Å². The summed E-state index contributed by atoms with van der Waals surface area (Å²) in [5.74, 6) is 0.814. The van der Waals surface area contributed by atoms with Crippen LogP contribution in [0.2, 0.25) is 0 Å². The molecule has 6 nitrogen and oxygen atoms in total. The molecule has 0 radical (unpaired) electrons. The van der Waals surface area contributed by atoms with Gasteiger partial charge in [0, 0.05) is 39.3 Å². The van der Waals surface area contributed by atoms with Gasteiger partial charge in [0.25, 0.3) is 10.2 Å². The lowest BCUT2D eigenvalue weighted by Crippen LogP contribution is -2.51. The SMILES string of the molecule is CC1CCN(CCNS(=O)(=O)N2CCNCC2)CC1. The van der Waals surface area contributed by atoms with Gasteiger partial charge < -0.3 is 10.2 Å². The van der Waals surface area contributed by atoms with Crippen LogP contribution in [0.1, 0.15) is 19.8 Å². The summed E-state index contributed by atoms with van der Waals surface area (Å²) >= 11 is 0. The van der Waals surface area contributed by atoms with Crippen LogP contribution >= 0.6 is 0 Å². The molecule has 7 heteroatoms. The van der Waals surface area contributed by atoms with E-state index in [2.05, 4.69) is 21.9 Å². The maximum Gasteiger partial charge on any atom is 0.279 e. The summed E-state index contributed by atoms with van der Waals surface area (Å²) in [4.78, 5) is 2.35. The lowest BCUT2D eigenvalue weighted by molar-refractivity contribution is 0.195. The molecule has 0 amide bonds. The largest absolute Gasteiger partial charge is 0.314 e. The molecule has 2 rings (SSSR count). The molecule has 2 aliphatic rings. The first kappa shape index (κ1) is 15.2. The molecule has 2 heterocycles. The summed E-state index contributed by atoms with van der Waals surface area (Å²) in [5, 5.41) is 3.16. The summed E-state index contributed by atoms with van der Waals surface area (Å²) in [7, 11) is -3.28. The molecule has 2 N–H and O–H groups in total. The Kier molecular flexibility index (Phi) is 5.58. The lowest BCUT2D eigenvalue weighted by atomic mass is 9.99. The van der Waals surface area contributed by atoms with E-state index in [1.807, 2.05) is 0 Å². The van der Waals surface area contributed by atoms with Crippen molar-refractivity contribution in [3.8, 4) is 0 Å². The van der Waals surface area contributed by atoms with E-state index in [1.54, 1.807) is 0 Å². The zero-order valence-electron chi connectivity index (χ0n) is 11.8. The van der Waals surface area contributed by atoms with Gasteiger partial charge in [-0.2, -0.15) is 12.7 Å². The highest BCUT2D eigenvalue weighted by Gasteiger charge is 2.23. The number of hydrogen-bond donors (Lipinski definition) is 2. The fraction of sp³-hybridized carbons (Fsp3) is 1.00. The quantitative estimate of drug-likeness (QED) is 0.714. The molecule has 19 heavy (non-hydrogen) atoms. The summed E-state index contributed by atoms with van der Waals surface area (Å²) in [6, 6.07) is 0. The lowest BCUT2D eigenvalue weighted by Gasteiger charge is -2.31. The number of nitrogens with one attached hydrogen (secondary N) is 2. The highest BCUT2D eigenvalue weighted by Crippen LogP contribution is 2.15. The number of piperidine rings is 1. The van der Waals surface area contributed by atoms with Crippen LogP contribution in [-0.4, -0.2) is 70.0 Å². The van der Waals surface area contributed by atoms with Crippen LogP contribution < -0.4 is 10.0 Å². The molecule has 112 valence electrons. The molecule has 0 bridgehead atoms. The third kappa shape index (κ3) is 4.68. The highest BCUT2D eigenvalue weighted by molar-refractivity contribution is 7.87. The first-order chi connectivity index (χ1) is 9.08. The number of nitrogens with zero attached hydrogens (tertiary/aromatic N) is 2. The van der Waals surface area contributed by atoms with Crippen LogP contribution in [-0.2, 0) is 10.2 Å². The summed E-state index contributed by atoms with van der Waals surface area (Å²) in [5.41, 5.74) is 0. The average molecular weight is 290 g/mol. The van der Waals surface area contributed by atoms with Crippen LogP contribution in [0.3, 0.4) is 0 Å². The van der Waals surface area contributed by atoms with E-state index < -0.39 is 10.2 Å². The van der Waals surface area contributed by atoms with Gasteiger partial charge in [0.05, 0.1) is 0 Å². The van der Waals surface area contributed by atoms with E-state index in [0.717, 1.165) is 38.6 Å². The van der Waals surface area contributed by atoms with E-state index >= 15 is 0 Å². The molecular formula is C12H26N4O2S. The maximum atomic E-state index is 12.0. The summed E-state index contributed by atoms with van der Waals surface area (Å²) in [6.45, 7) is 8.42. The predicted octanol–water partition coefficient (Wildman–Crippen LogP) is -0.542. The fourth-order valence-corrected chi connectivity index (χ4v) is 3.79. The molecule has 0 unspecified atom stereocenters. The van der Waals surface area contributed by atoms with Gasteiger partial charge in [-0.25, -0.2) is 4.72 Å². The van der Waals surface area contributed by atoms with Crippen molar-refractivity contribution in [3.63, 3.8) is 0 Å². The summed E-state index contributed by atoms with van der Waals surface area (Å²) in [6.07, 6.45) is 2.45. The molecule has 2 fully saturated rings. The van der Waals surface area contributed by atoms with E-state index in [0.29, 0.717) is 19.6 Å². The van der Waals surface area contributed by atoms with Crippen molar-refractivity contribution in [1.82, 2.24) is 19.2 Å². The minimum absolute atomic E-state index is 0.515. The molecule has 0 aromatic rings. The highest BCUT2D eigenvalue weighted by atomic mass is 32.2. The molecule has 2 saturated heterocycles. The second kappa shape index (κ2) is 6.99. The third-order valence-electron chi connectivity index (χ3n) is 4.00. The van der Waals surface area contributed by atoms with E-state index in [4.69, 9.17) is 0 Å². The molecular weight excluding hydrogens is 264 g/mol. The van der Waals surface area contributed by atoms with Crippen molar-refractivity contribution >= 4 is 10.2 Å². The van der Waals surface area contributed by atoms with Crippen molar-refractivity contribution < 1.29 is 8.42 Å². The molecule has 0 aliphatic carbocycles. The molecule has 0 aromatic carbocycles. The minimum atomic E-state index is -3.28. The molecule has 2 aliphatic heterocycles. The fourth-order valence-electron chi connectivity index (χ4n) is 2.59.